The summed E-state index contributed by atoms with van der Waals surface area (Å²) >= 11 is 0. The predicted octanol–water partition coefficient (Wildman–Crippen LogP) is 3.02. The normalized spacial score (nSPS) is 22.5. The number of para-hydroxylation sites is 1. The lowest BCUT2D eigenvalue weighted by atomic mass is 9.89. The molecule has 2 unspecified atom stereocenters. The van der Waals surface area contributed by atoms with Crippen molar-refractivity contribution in [3.05, 3.63) is 30.3 Å². The maximum Gasteiger partial charge on any atom is 0.241 e. The molecule has 3 nitrogen and oxygen atoms in total. The second kappa shape index (κ2) is 7.39. The Balaban J connectivity index is 0.00000180. The Morgan fingerprint density at radius 2 is 1.95 bits per heavy atom. The van der Waals surface area contributed by atoms with Gasteiger partial charge < -0.3 is 10.2 Å². The number of hydrogen-bond acceptors (Lipinski definition) is 2. The highest BCUT2D eigenvalue weighted by atomic mass is 35.5. The molecule has 1 amide bonds. The van der Waals surface area contributed by atoms with Crippen molar-refractivity contribution in [3.63, 3.8) is 0 Å². The Bertz CT molecular complexity index is 396. The Kier molecular flexibility index (Phi) is 6.16. The molecule has 1 N–H and O–H groups in total. The van der Waals surface area contributed by atoms with Crippen molar-refractivity contribution >= 4 is 24.0 Å². The van der Waals surface area contributed by atoms with Gasteiger partial charge in [-0.3, -0.25) is 4.79 Å². The summed E-state index contributed by atoms with van der Waals surface area (Å²) in [6.07, 6.45) is 1.12. The van der Waals surface area contributed by atoms with Crippen molar-refractivity contribution in [3.8, 4) is 0 Å². The van der Waals surface area contributed by atoms with E-state index in [1.807, 2.05) is 35.2 Å². The summed E-state index contributed by atoms with van der Waals surface area (Å²) in [4.78, 5) is 14.1. The second-order valence-corrected chi connectivity index (χ2v) is 5.30. The lowest BCUT2D eigenvalue weighted by Gasteiger charge is -2.35. The molecule has 0 radical (unpaired) electrons. The van der Waals surface area contributed by atoms with Crippen LogP contribution in [0.15, 0.2) is 30.3 Å². The fourth-order valence-corrected chi connectivity index (χ4v) is 2.33. The summed E-state index contributed by atoms with van der Waals surface area (Å²) in [7, 11) is 0. The molecule has 1 aliphatic rings. The van der Waals surface area contributed by atoms with E-state index in [4.69, 9.17) is 0 Å². The van der Waals surface area contributed by atoms with Crippen LogP contribution in [0, 0.1) is 11.8 Å². The van der Waals surface area contributed by atoms with Crippen LogP contribution >= 0.6 is 12.4 Å². The van der Waals surface area contributed by atoms with Gasteiger partial charge in [0.2, 0.25) is 5.91 Å². The molecule has 1 aliphatic heterocycles. The third-order valence-electron chi connectivity index (χ3n) is 3.90. The van der Waals surface area contributed by atoms with E-state index in [-0.39, 0.29) is 18.3 Å². The first-order valence-electron chi connectivity index (χ1n) is 6.73. The molecule has 106 valence electrons. The highest BCUT2D eigenvalue weighted by molar-refractivity contribution is 5.85. The van der Waals surface area contributed by atoms with Gasteiger partial charge >= 0.3 is 0 Å². The van der Waals surface area contributed by atoms with Crippen LogP contribution in [-0.4, -0.2) is 30.4 Å². The van der Waals surface area contributed by atoms with Gasteiger partial charge in [0.1, 0.15) is 0 Å². The summed E-state index contributed by atoms with van der Waals surface area (Å²) in [5.41, 5.74) is 1.00. The van der Waals surface area contributed by atoms with Crippen molar-refractivity contribution in [2.45, 2.75) is 20.3 Å². The molecule has 0 spiro atoms. The number of amides is 1. The quantitative estimate of drug-likeness (QED) is 0.924. The molecule has 0 aromatic heterocycles. The molecule has 2 atom stereocenters. The molecule has 2 rings (SSSR count). The number of halogens is 1. The maximum atomic E-state index is 12.1. The Morgan fingerprint density at radius 3 is 2.58 bits per heavy atom. The second-order valence-electron chi connectivity index (χ2n) is 5.30. The molecule has 1 heterocycles. The van der Waals surface area contributed by atoms with E-state index in [2.05, 4.69) is 19.2 Å². The van der Waals surface area contributed by atoms with Crippen LogP contribution < -0.4 is 5.32 Å². The summed E-state index contributed by atoms with van der Waals surface area (Å²) in [5, 5.41) is 3.18. The molecule has 0 saturated carbocycles. The van der Waals surface area contributed by atoms with E-state index in [0.29, 0.717) is 12.5 Å². The topological polar surface area (TPSA) is 32.3 Å². The first kappa shape index (κ1) is 15.8. The Labute approximate surface area is 121 Å². The van der Waals surface area contributed by atoms with Crippen LogP contribution in [0.3, 0.4) is 0 Å². The number of carbonyl (C=O) groups is 1. The van der Waals surface area contributed by atoms with Crippen molar-refractivity contribution < 1.29 is 4.79 Å². The largest absolute Gasteiger partial charge is 0.376 e. The van der Waals surface area contributed by atoms with Gasteiger partial charge in [0, 0.05) is 18.8 Å². The fourth-order valence-electron chi connectivity index (χ4n) is 2.33. The van der Waals surface area contributed by atoms with Gasteiger partial charge in [-0.2, -0.15) is 0 Å². The number of carbonyl (C=O) groups excluding carboxylic acids is 1. The number of anilines is 1. The number of likely N-dealkylation sites (tertiary alicyclic amines) is 1. The van der Waals surface area contributed by atoms with E-state index >= 15 is 0 Å². The Hall–Kier alpha value is -1.22. The van der Waals surface area contributed by atoms with Crippen LogP contribution in [-0.2, 0) is 4.79 Å². The molecule has 1 fully saturated rings. The number of nitrogens with one attached hydrogen (secondary N) is 1. The third kappa shape index (κ3) is 4.43. The van der Waals surface area contributed by atoms with E-state index in [1.165, 1.54) is 0 Å². The van der Waals surface area contributed by atoms with Gasteiger partial charge in [-0.25, -0.2) is 0 Å². The average molecular weight is 283 g/mol. The smallest absolute Gasteiger partial charge is 0.241 e. The molecular weight excluding hydrogens is 260 g/mol. The number of piperidine rings is 1. The standard InChI is InChI=1S/C15H22N2O.ClH/c1-12-8-9-17(11-13(12)2)15(18)10-16-14-6-4-3-5-7-14;/h3-7,12-13,16H,8-11H2,1-2H3;1H. The summed E-state index contributed by atoms with van der Waals surface area (Å²) in [5.74, 6) is 1.55. The number of rotatable bonds is 3. The lowest BCUT2D eigenvalue weighted by Crippen LogP contribution is -2.44. The van der Waals surface area contributed by atoms with Gasteiger partial charge in [0.15, 0.2) is 0 Å². The zero-order valence-electron chi connectivity index (χ0n) is 11.6. The highest BCUT2D eigenvalue weighted by Crippen LogP contribution is 2.22. The van der Waals surface area contributed by atoms with Crippen molar-refractivity contribution in [1.82, 2.24) is 4.90 Å². The van der Waals surface area contributed by atoms with Crippen LogP contribution in [0.2, 0.25) is 0 Å². The molecule has 0 aliphatic carbocycles. The molecule has 1 aromatic carbocycles. The first-order chi connectivity index (χ1) is 8.66. The van der Waals surface area contributed by atoms with Gasteiger partial charge in [0.25, 0.3) is 0 Å². The third-order valence-corrected chi connectivity index (χ3v) is 3.90. The number of benzene rings is 1. The van der Waals surface area contributed by atoms with E-state index in [0.717, 1.165) is 31.1 Å². The van der Waals surface area contributed by atoms with E-state index in [1.54, 1.807) is 0 Å². The summed E-state index contributed by atoms with van der Waals surface area (Å²) < 4.78 is 0. The molecule has 1 aromatic rings. The van der Waals surface area contributed by atoms with Crippen LogP contribution in [0.1, 0.15) is 20.3 Å². The first-order valence-corrected chi connectivity index (χ1v) is 6.73. The van der Waals surface area contributed by atoms with Crippen LogP contribution in [0.5, 0.6) is 0 Å². The zero-order chi connectivity index (χ0) is 13.0. The number of hydrogen-bond donors (Lipinski definition) is 1. The van der Waals surface area contributed by atoms with E-state index in [9.17, 15) is 4.79 Å². The monoisotopic (exact) mass is 282 g/mol. The fraction of sp³-hybridized carbons (Fsp3) is 0.533. The van der Waals surface area contributed by atoms with E-state index < -0.39 is 0 Å². The van der Waals surface area contributed by atoms with Gasteiger partial charge in [-0.15, -0.1) is 12.4 Å². The van der Waals surface area contributed by atoms with Crippen molar-refractivity contribution in [2.75, 3.05) is 25.0 Å². The van der Waals surface area contributed by atoms with Gasteiger partial charge in [0.05, 0.1) is 6.54 Å². The lowest BCUT2D eigenvalue weighted by molar-refractivity contribution is -0.131. The van der Waals surface area contributed by atoms with Crippen molar-refractivity contribution in [1.29, 1.82) is 0 Å². The van der Waals surface area contributed by atoms with Crippen LogP contribution in [0.4, 0.5) is 5.69 Å². The summed E-state index contributed by atoms with van der Waals surface area (Å²) in [6, 6.07) is 9.87. The minimum atomic E-state index is 0. The van der Waals surface area contributed by atoms with Crippen molar-refractivity contribution in [2.24, 2.45) is 11.8 Å². The minimum Gasteiger partial charge on any atom is -0.376 e. The Morgan fingerprint density at radius 1 is 1.26 bits per heavy atom. The van der Waals surface area contributed by atoms with Crippen LogP contribution in [0.25, 0.3) is 0 Å². The van der Waals surface area contributed by atoms with Gasteiger partial charge in [-0.1, -0.05) is 32.0 Å². The zero-order valence-corrected chi connectivity index (χ0v) is 12.5. The van der Waals surface area contributed by atoms with Gasteiger partial charge in [-0.05, 0) is 30.4 Å². The molecular formula is C15H23ClN2O. The molecule has 19 heavy (non-hydrogen) atoms. The average Bonchev–Trinajstić information content (AvgIpc) is 2.40. The maximum absolute atomic E-state index is 12.1. The predicted molar refractivity (Wildman–Crippen MR) is 81.7 cm³/mol. The highest BCUT2D eigenvalue weighted by Gasteiger charge is 2.25. The molecule has 0 bridgehead atoms. The minimum absolute atomic E-state index is 0. The summed E-state index contributed by atoms with van der Waals surface area (Å²) in [6.45, 7) is 6.70. The molecule has 4 heteroatoms. The number of nitrogens with zero attached hydrogens (tertiary/aromatic N) is 1. The SMILES string of the molecule is CC1CCN(C(=O)CNc2ccccc2)CC1C.Cl. The molecule has 1 saturated heterocycles.